The summed E-state index contributed by atoms with van der Waals surface area (Å²) in [5.74, 6) is 0.585. The molecule has 0 radical (unpaired) electrons. The molecule has 3 aromatic rings. The highest BCUT2D eigenvalue weighted by Crippen LogP contribution is 2.18. The molecule has 1 amide bonds. The predicted octanol–water partition coefficient (Wildman–Crippen LogP) is 4.26. The molecule has 0 aliphatic carbocycles. The van der Waals surface area contributed by atoms with Crippen molar-refractivity contribution in [2.75, 3.05) is 6.61 Å². The van der Waals surface area contributed by atoms with Crippen LogP contribution < -0.4 is 5.48 Å². The second-order valence-corrected chi connectivity index (χ2v) is 7.25. The third-order valence-electron chi connectivity index (χ3n) is 4.89. The van der Waals surface area contributed by atoms with Crippen molar-refractivity contribution in [2.24, 2.45) is 0 Å². The van der Waals surface area contributed by atoms with E-state index in [2.05, 4.69) is 27.6 Å². The molecule has 154 valence electrons. The number of carbonyl (C=O) groups is 1. The topological polar surface area (TPSA) is 76.2 Å². The Hall–Kier alpha value is -3.22. The summed E-state index contributed by atoms with van der Waals surface area (Å²) in [5, 5.41) is 0. The lowest BCUT2D eigenvalue weighted by Gasteiger charge is -2.21. The zero-order chi connectivity index (χ0) is 20.6. The number of carbonyl (C=O) groups excluding carboxylic acids is 1. The van der Waals surface area contributed by atoms with Crippen molar-refractivity contribution in [3.8, 4) is 11.3 Å². The van der Waals surface area contributed by atoms with E-state index in [9.17, 15) is 4.79 Å². The van der Waals surface area contributed by atoms with Gasteiger partial charge in [0.05, 0.1) is 11.9 Å². The summed E-state index contributed by atoms with van der Waals surface area (Å²) in [6.45, 7) is 0.672. The third kappa shape index (κ3) is 5.65. The Kier molecular flexibility index (Phi) is 6.69. The van der Waals surface area contributed by atoms with E-state index < -0.39 is 0 Å². The lowest BCUT2D eigenvalue weighted by Crippen LogP contribution is -2.32. The first-order valence-electron chi connectivity index (χ1n) is 10.2. The minimum Gasteiger partial charge on any atom is -0.350 e. The van der Waals surface area contributed by atoms with Gasteiger partial charge in [-0.25, -0.2) is 15.3 Å². The first-order chi connectivity index (χ1) is 14.8. The van der Waals surface area contributed by atoms with Gasteiger partial charge in [0.15, 0.2) is 6.29 Å². The molecule has 6 nitrogen and oxygen atoms in total. The zero-order valence-electron chi connectivity index (χ0n) is 16.7. The summed E-state index contributed by atoms with van der Waals surface area (Å²) in [5.41, 5.74) is 6.59. The Morgan fingerprint density at radius 1 is 1.20 bits per heavy atom. The molecule has 4 rings (SSSR count). The smallest absolute Gasteiger partial charge is 0.267 e. The van der Waals surface area contributed by atoms with Crippen molar-refractivity contribution < 1.29 is 14.4 Å². The van der Waals surface area contributed by atoms with Gasteiger partial charge in [-0.1, -0.05) is 54.6 Å². The second kappa shape index (κ2) is 10.0. The molecular formula is C24H25N3O3. The van der Waals surface area contributed by atoms with Crippen LogP contribution in [0.5, 0.6) is 0 Å². The Morgan fingerprint density at radius 2 is 2.10 bits per heavy atom. The van der Waals surface area contributed by atoms with Crippen molar-refractivity contribution in [1.29, 1.82) is 0 Å². The summed E-state index contributed by atoms with van der Waals surface area (Å²) in [4.78, 5) is 25.1. The van der Waals surface area contributed by atoms with Crippen LogP contribution in [0.15, 0.2) is 66.9 Å². The summed E-state index contributed by atoms with van der Waals surface area (Å²) >= 11 is 0. The molecule has 1 aliphatic rings. The molecule has 0 bridgehead atoms. The summed E-state index contributed by atoms with van der Waals surface area (Å²) < 4.78 is 5.42. The Bertz CT molecular complexity index is 992. The summed E-state index contributed by atoms with van der Waals surface area (Å²) in [7, 11) is 0. The maximum absolute atomic E-state index is 12.0. The Labute approximate surface area is 175 Å². The number of amides is 1. The molecule has 1 aromatic heterocycles. The van der Waals surface area contributed by atoms with Gasteiger partial charge in [0, 0.05) is 25.5 Å². The number of rotatable bonds is 7. The number of aromatic nitrogens is 2. The number of nitrogens with zero attached hydrogens (tertiary/aromatic N) is 1. The maximum Gasteiger partial charge on any atom is 0.267 e. The van der Waals surface area contributed by atoms with Crippen LogP contribution >= 0.6 is 0 Å². The zero-order valence-corrected chi connectivity index (χ0v) is 16.7. The van der Waals surface area contributed by atoms with Crippen LogP contribution in [0.4, 0.5) is 0 Å². The van der Waals surface area contributed by atoms with Gasteiger partial charge in [-0.2, -0.15) is 0 Å². The van der Waals surface area contributed by atoms with Crippen LogP contribution in [0.3, 0.4) is 0 Å². The van der Waals surface area contributed by atoms with E-state index in [0.29, 0.717) is 13.0 Å². The van der Waals surface area contributed by atoms with E-state index in [1.165, 1.54) is 6.08 Å². The standard InChI is InChI=1S/C24H25N3O3/c28-23(27-30-24-11-4-5-14-29-24)13-12-18-7-6-8-19(15-18)16-22-25-17-21(26-22)20-9-2-1-3-10-20/h1-3,6-10,12-13,15,17,24H,4-5,11,14,16H2,(H,25,26)(H,27,28)/b13-12+. The van der Waals surface area contributed by atoms with Gasteiger partial charge in [0.2, 0.25) is 0 Å². The predicted molar refractivity (Wildman–Crippen MR) is 115 cm³/mol. The number of hydrogen-bond donors (Lipinski definition) is 2. The number of hydroxylamine groups is 1. The average molecular weight is 403 g/mol. The molecule has 0 spiro atoms. The highest BCUT2D eigenvalue weighted by Gasteiger charge is 2.14. The molecule has 1 unspecified atom stereocenters. The molecule has 1 saturated heterocycles. The number of ether oxygens (including phenoxy) is 1. The molecule has 1 aliphatic heterocycles. The summed E-state index contributed by atoms with van der Waals surface area (Å²) in [6, 6.07) is 18.1. The molecular weight excluding hydrogens is 378 g/mol. The van der Waals surface area contributed by atoms with Crippen LogP contribution in [0.2, 0.25) is 0 Å². The van der Waals surface area contributed by atoms with Gasteiger partial charge >= 0.3 is 0 Å². The van der Waals surface area contributed by atoms with Crippen molar-refractivity contribution in [1.82, 2.24) is 15.4 Å². The normalized spacial score (nSPS) is 16.6. The fraction of sp³-hybridized carbons (Fsp3) is 0.250. The maximum atomic E-state index is 12.0. The van der Waals surface area contributed by atoms with E-state index in [1.807, 2.05) is 48.7 Å². The SMILES string of the molecule is O=C(/C=C/c1cccc(Cc2ncc(-c3ccccc3)[nH]2)c1)NOC1CCCCO1. The molecule has 30 heavy (non-hydrogen) atoms. The first kappa shape index (κ1) is 20.1. The fourth-order valence-corrected chi connectivity index (χ4v) is 3.35. The van der Waals surface area contributed by atoms with Gasteiger partial charge in [0.25, 0.3) is 5.91 Å². The number of nitrogens with one attached hydrogen (secondary N) is 2. The molecule has 2 aromatic carbocycles. The molecule has 1 atom stereocenters. The first-order valence-corrected chi connectivity index (χ1v) is 10.2. The van der Waals surface area contributed by atoms with Gasteiger partial charge < -0.3 is 9.72 Å². The largest absolute Gasteiger partial charge is 0.350 e. The van der Waals surface area contributed by atoms with Crippen LogP contribution in [0, 0.1) is 0 Å². The Balaban J connectivity index is 1.33. The van der Waals surface area contributed by atoms with Crippen molar-refractivity contribution in [3.63, 3.8) is 0 Å². The molecule has 2 heterocycles. The van der Waals surface area contributed by atoms with E-state index in [-0.39, 0.29) is 12.2 Å². The number of benzene rings is 2. The van der Waals surface area contributed by atoms with E-state index in [4.69, 9.17) is 9.57 Å². The molecule has 1 fully saturated rings. The fourth-order valence-electron chi connectivity index (χ4n) is 3.35. The van der Waals surface area contributed by atoms with Gasteiger partial charge in [0.1, 0.15) is 5.82 Å². The molecule has 2 N–H and O–H groups in total. The quantitative estimate of drug-likeness (QED) is 0.457. The minimum atomic E-state index is -0.353. The monoisotopic (exact) mass is 403 g/mol. The highest BCUT2D eigenvalue weighted by molar-refractivity contribution is 5.90. The molecule has 0 saturated carbocycles. The van der Waals surface area contributed by atoms with Crippen molar-refractivity contribution in [2.45, 2.75) is 32.0 Å². The van der Waals surface area contributed by atoms with Crippen molar-refractivity contribution >= 4 is 12.0 Å². The number of hydrogen-bond acceptors (Lipinski definition) is 4. The molecule has 6 heteroatoms. The van der Waals surface area contributed by atoms with Gasteiger partial charge in [-0.3, -0.25) is 4.79 Å². The van der Waals surface area contributed by atoms with E-state index in [0.717, 1.165) is 47.5 Å². The number of imidazole rings is 1. The van der Waals surface area contributed by atoms with Gasteiger partial charge in [-0.05, 0) is 35.6 Å². The second-order valence-electron chi connectivity index (χ2n) is 7.25. The average Bonchev–Trinajstić information content (AvgIpc) is 3.26. The van der Waals surface area contributed by atoms with Crippen LogP contribution in [-0.4, -0.2) is 28.8 Å². The summed E-state index contributed by atoms with van der Waals surface area (Å²) in [6.07, 6.45) is 8.29. The van der Waals surface area contributed by atoms with Crippen LogP contribution in [-0.2, 0) is 20.8 Å². The van der Waals surface area contributed by atoms with Crippen molar-refractivity contribution in [3.05, 3.63) is 83.8 Å². The van der Waals surface area contributed by atoms with Gasteiger partial charge in [-0.15, -0.1) is 0 Å². The lowest BCUT2D eigenvalue weighted by atomic mass is 10.1. The third-order valence-corrected chi connectivity index (χ3v) is 4.89. The highest BCUT2D eigenvalue weighted by atomic mass is 16.8. The number of aromatic amines is 1. The van der Waals surface area contributed by atoms with Crippen LogP contribution in [0.25, 0.3) is 17.3 Å². The van der Waals surface area contributed by atoms with E-state index in [1.54, 1.807) is 6.08 Å². The number of H-pyrrole nitrogens is 1. The lowest BCUT2D eigenvalue weighted by molar-refractivity contribution is -0.198. The minimum absolute atomic E-state index is 0.312. The van der Waals surface area contributed by atoms with Crippen LogP contribution in [0.1, 0.15) is 36.2 Å². The van der Waals surface area contributed by atoms with E-state index >= 15 is 0 Å². The Morgan fingerprint density at radius 3 is 2.93 bits per heavy atom.